The summed E-state index contributed by atoms with van der Waals surface area (Å²) in [4.78, 5) is 9.33. The van der Waals surface area contributed by atoms with Crippen molar-refractivity contribution in [1.29, 1.82) is 0 Å². The van der Waals surface area contributed by atoms with Crippen molar-refractivity contribution in [2.75, 3.05) is 6.54 Å². The predicted octanol–water partition coefficient (Wildman–Crippen LogP) is 3.06. The predicted molar refractivity (Wildman–Crippen MR) is 82.8 cm³/mol. The number of benzene rings is 1. The molecule has 0 fully saturated rings. The Morgan fingerprint density at radius 1 is 1.05 bits per heavy atom. The SMILES string of the molecule is Cc1nc(C(C)(C)c2ccc(F)cc2)nc(C)c1CCN. The van der Waals surface area contributed by atoms with E-state index in [2.05, 4.69) is 23.8 Å². The molecule has 0 amide bonds. The van der Waals surface area contributed by atoms with Crippen LogP contribution >= 0.6 is 0 Å². The summed E-state index contributed by atoms with van der Waals surface area (Å²) in [6.07, 6.45) is 0.787. The van der Waals surface area contributed by atoms with Gasteiger partial charge in [-0.2, -0.15) is 0 Å². The Hall–Kier alpha value is -1.81. The number of hydrogen-bond donors (Lipinski definition) is 1. The van der Waals surface area contributed by atoms with Gasteiger partial charge in [0, 0.05) is 16.8 Å². The molecule has 0 bridgehead atoms. The normalized spacial score (nSPS) is 11.7. The number of nitrogens with two attached hydrogens (primary N) is 1. The minimum absolute atomic E-state index is 0.235. The van der Waals surface area contributed by atoms with Crippen molar-refractivity contribution in [1.82, 2.24) is 9.97 Å². The van der Waals surface area contributed by atoms with Crippen LogP contribution in [0.25, 0.3) is 0 Å². The van der Waals surface area contributed by atoms with Crippen molar-refractivity contribution in [2.24, 2.45) is 5.73 Å². The average molecular weight is 287 g/mol. The minimum atomic E-state index is -0.371. The largest absolute Gasteiger partial charge is 0.330 e. The third-order valence-electron chi connectivity index (χ3n) is 3.94. The van der Waals surface area contributed by atoms with Crippen molar-refractivity contribution in [3.63, 3.8) is 0 Å². The maximum atomic E-state index is 13.1. The van der Waals surface area contributed by atoms with Crippen LogP contribution in [0.3, 0.4) is 0 Å². The molecule has 2 aromatic rings. The Morgan fingerprint density at radius 3 is 2.05 bits per heavy atom. The van der Waals surface area contributed by atoms with Crippen molar-refractivity contribution in [2.45, 2.75) is 39.5 Å². The van der Waals surface area contributed by atoms with Gasteiger partial charge in [-0.1, -0.05) is 12.1 Å². The van der Waals surface area contributed by atoms with Crippen molar-refractivity contribution in [3.8, 4) is 0 Å². The topological polar surface area (TPSA) is 51.8 Å². The van der Waals surface area contributed by atoms with Crippen molar-refractivity contribution in [3.05, 3.63) is 58.4 Å². The van der Waals surface area contributed by atoms with Gasteiger partial charge in [0.1, 0.15) is 11.6 Å². The molecule has 0 aliphatic heterocycles. The molecule has 0 aliphatic rings. The summed E-state index contributed by atoms with van der Waals surface area (Å²) in [5.41, 5.74) is 9.32. The average Bonchev–Trinajstić information content (AvgIpc) is 2.43. The van der Waals surface area contributed by atoms with E-state index < -0.39 is 0 Å². The summed E-state index contributed by atoms with van der Waals surface area (Å²) in [7, 11) is 0. The van der Waals surface area contributed by atoms with Gasteiger partial charge in [-0.3, -0.25) is 0 Å². The molecule has 0 saturated carbocycles. The molecule has 4 heteroatoms. The Labute approximate surface area is 125 Å². The lowest BCUT2D eigenvalue weighted by Gasteiger charge is -2.25. The zero-order valence-electron chi connectivity index (χ0n) is 13.1. The van der Waals surface area contributed by atoms with E-state index in [1.165, 1.54) is 12.1 Å². The van der Waals surface area contributed by atoms with Crippen LogP contribution in [0.4, 0.5) is 4.39 Å². The summed E-state index contributed by atoms with van der Waals surface area (Å²) < 4.78 is 13.1. The van der Waals surface area contributed by atoms with E-state index in [9.17, 15) is 4.39 Å². The highest BCUT2D eigenvalue weighted by Gasteiger charge is 2.27. The zero-order chi connectivity index (χ0) is 15.6. The van der Waals surface area contributed by atoms with Crippen molar-refractivity contribution < 1.29 is 4.39 Å². The molecule has 2 rings (SSSR count). The Kier molecular flexibility index (Phi) is 4.37. The number of halogens is 1. The summed E-state index contributed by atoms with van der Waals surface area (Å²) in [5, 5.41) is 0. The second kappa shape index (κ2) is 5.90. The van der Waals surface area contributed by atoms with Gasteiger partial charge in [0.2, 0.25) is 0 Å². The van der Waals surface area contributed by atoms with E-state index in [0.29, 0.717) is 6.54 Å². The molecule has 112 valence electrons. The lowest BCUT2D eigenvalue weighted by Crippen LogP contribution is -2.24. The van der Waals surface area contributed by atoms with Crippen LogP contribution in [-0.4, -0.2) is 16.5 Å². The second-order valence-corrected chi connectivity index (χ2v) is 5.87. The van der Waals surface area contributed by atoms with E-state index in [-0.39, 0.29) is 11.2 Å². The number of nitrogens with zero attached hydrogens (tertiary/aromatic N) is 2. The monoisotopic (exact) mass is 287 g/mol. The van der Waals surface area contributed by atoms with Gasteiger partial charge >= 0.3 is 0 Å². The molecule has 1 aromatic heterocycles. The Bertz CT molecular complexity index is 610. The number of aryl methyl sites for hydroxylation is 2. The molecular weight excluding hydrogens is 265 g/mol. The highest BCUT2D eigenvalue weighted by molar-refractivity contribution is 5.34. The molecule has 21 heavy (non-hydrogen) atoms. The van der Waals surface area contributed by atoms with Crippen LogP contribution in [0.1, 0.15) is 42.2 Å². The van der Waals surface area contributed by atoms with Crippen LogP contribution in [-0.2, 0) is 11.8 Å². The van der Waals surface area contributed by atoms with Gasteiger partial charge in [0.25, 0.3) is 0 Å². The smallest absolute Gasteiger partial charge is 0.138 e. The van der Waals surface area contributed by atoms with Gasteiger partial charge in [-0.25, -0.2) is 14.4 Å². The molecule has 1 aromatic carbocycles. The van der Waals surface area contributed by atoms with Crippen LogP contribution in [0.5, 0.6) is 0 Å². The molecule has 3 nitrogen and oxygen atoms in total. The first-order valence-corrected chi connectivity index (χ1v) is 7.17. The fourth-order valence-corrected chi connectivity index (χ4v) is 2.52. The third kappa shape index (κ3) is 3.10. The number of hydrogen-bond acceptors (Lipinski definition) is 3. The van der Waals surface area contributed by atoms with Crippen LogP contribution in [0, 0.1) is 19.7 Å². The molecule has 0 radical (unpaired) electrons. The standard InChI is InChI=1S/C17H22FN3/c1-11-15(9-10-19)12(2)21-16(20-11)17(3,4)13-5-7-14(18)8-6-13/h5-8H,9-10,19H2,1-4H3. The second-order valence-electron chi connectivity index (χ2n) is 5.87. The van der Waals surface area contributed by atoms with E-state index in [1.54, 1.807) is 12.1 Å². The van der Waals surface area contributed by atoms with Gasteiger partial charge in [0.15, 0.2) is 0 Å². The Morgan fingerprint density at radius 2 is 1.57 bits per heavy atom. The first-order chi connectivity index (χ1) is 9.86. The van der Waals surface area contributed by atoms with Gasteiger partial charge < -0.3 is 5.73 Å². The first-order valence-electron chi connectivity index (χ1n) is 7.17. The van der Waals surface area contributed by atoms with Crippen LogP contribution in [0.2, 0.25) is 0 Å². The summed E-state index contributed by atoms with van der Waals surface area (Å²) in [6, 6.07) is 6.52. The first kappa shape index (κ1) is 15.6. The highest BCUT2D eigenvalue weighted by Crippen LogP contribution is 2.30. The fourth-order valence-electron chi connectivity index (χ4n) is 2.52. The molecule has 0 aliphatic carbocycles. The lowest BCUT2D eigenvalue weighted by molar-refractivity contribution is 0.576. The van der Waals surface area contributed by atoms with E-state index in [1.807, 2.05) is 13.8 Å². The Balaban J connectivity index is 2.47. The molecule has 0 saturated heterocycles. The van der Waals surface area contributed by atoms with Crippen LogP contribution in [0.15, 0.2) is 24.3 Å². The van der Waals surface area contributed by atoms with E-state index in [4.69, 9.17) is 5.73 Å². The zero-order valence-corrected chi connectivity index (χ0v) is 13.1. The lowest BCUT2D eigenvalue weighted by atomic mass is 9.83. The van der Waals surface area contributed by atoms with Crippen molar-refractivity contribution >= 4 is 0 Å². The van der Waals surface area contributed by atoms with Gasteiger partial charge in [-0.15, -0.1) is 0 Å². The molecule has 1 heterocycles. The maximum Gasteiger partial charge on any atom is 0.138 e. The maximum absolute atomic E-state index is 13.1. The number of rotatable bonds is 4. The quantitative estimate of drug-likeness (QED) is 0.940. The van der Waals surface area contributed by atoms with Gasteiger partial charge in [-0.05, 0) is 63.9 Å². The molecular formula is C17H22FN3. The minimum Gasteiger partial charge on any atom is -0.330 e. The summed E-state index contributed by atoms with van der Waals surface area (Å²) >= 11 is 0. The third-order valence-corrected chi connectivity index (χ3v) is 3.94. The molecule has 0 unspecified atom stereocenters. The molecule has 0 spiro atoms. The van der Waals surface area contributed by atoms with Crippen LogP contribution < -0.4 is 5.73 Å². The highest BCUT2D eigenvalue weighted by atomic mass is 19.1. The molecule has 2 N–H and O–H groups in total. The number of aromatic nitrogens is 2. The van der Waals surface area contributed by atoms with E-state index in [0.717, 1.165) is 34.8 Å². The molecule has 0 atom stereocenters. The van der Waals surface area contributed by atoms with Gasteiger partial charge in [0.05, 0.1) is 0 Å². The van der Waals surface area contributed by atoms with E-state index >= 15 is 0 Å². The summed E-state index contributed by atoms with van der Waals surface area (Å²) in [6.45, 7) is 8.67. The fraction of sp³-hybridized carbons (Fsp3) is 0.412. The summed E-state index contributed by atoms with van der Waals surface area (Å²) in [5.74, 6) is 0.519.